The zero-order valence-corrected chi connectivity index (χ0v) is 8.84. The maximum Gasteiger partial charge on any atom is 0.534 e. The summed E-state index contributed by atoms with van der Waals surface area (Å²) in [7, 11) is 0. The van der Waals surface area contributed by atoms with Crippen molar-refractivity contribution < 1.29 is 24.6 Å². The van der Waals surface area contributed by atoms with Gasteiger partial charge in [0.15, 0.2) is 0 Å². The Bertz CT molecular complexity index is 388. The van der Waals surface area contributed by atoms with Crippen LogP contribution in [0.5, 0.6) is 11.8 Å². The van der Waals surface area contributed by atoms with E-state index in [2.05, 4.69) is 4.84 Å². The van der Waals surface area contributed by atoms with Gasteiger partial charge in [0.05, 0.1) is 0 Å². The molecule has 0 amide bonds. The number of ether oxygens (including phenoxy) is 1. The van der Waals surface area contributed by atoms with E-state index in [1.165, 1.54) is 12.1 Å². The van der Waals surface area contributed by atoms with Crippen LogP contribution in [0.1, 0.15) is 26.2 Å². The molecule has 88 valence electrons. The highest BCUT2D eigenvalue weighted by Gasteiger charge is 2.45. The smallest absolute Gasteiger partial charge is 0.492 e. The largest absolute Gasteiger partial charge is 0.534 e. The molecule has 0 atom stereocenters. The Morgan fingerprint density at radius 2 is 2.00 bits per heavy atom. The Hall–Kier alpha value is -1.85. The third-order valence-corrected chi connectivity index (χ3v) is 2.72. The van der Waals surface area contributed by atoms with Gasteiger partial charge in [0.1, 0.15) is 5.60 Å². The zero-order valence-electron chi connectivity index (χ0n) is 8.84. The average molecular weight is 227 g/mol. The fourth-order valence-electron chi connectivity index (χ4n) is 1.43. The lowest BCUT2D eigenvalue weighted by Gasteiger charge is -2.14. The fourth-order valence-corrected chi connectivity index (χ4v) is 1.43. The lowest BCUT2D eigenvalue weighted by atomic mass is 10.3. The molecule has 0 unspecified atom stereocenters. The van der Waals surface area contributed by atoms with E-state index in [4.69, 9.17) is 4.74 Å². The summed E-state index contributed by atoms with van der Waals surface area (Å²) in [5, 5.41) is 18.4. The molecule has 2 N–H and O–H groups in total. The van der Waals surface area contributed by atoms with E-state index in [0.717, 1.165) is 19.3 Å². The summed E-state index contributed by atoms with van der Waals surface area (Å²) in [5.74, 6) is -0.730. The van der Waals surface area contributed by atoms with Gasteiger partial charge in [0.25, 0.3) is 0 Å². The van der Waals surface area contributed by atoms with Crippen LogP contribution in [0.15, 0.2) is 12.1 Å². The average Bonchev–Trinajstić information content (AvgIpc) is 2.96. The van der Waals surface area contributed by atoms with Gasteiger partial charge in [-0.15, -0.1) is 4.73 Å². The number of aromatic hydroxyl groups is 2. The Balaban J connectivity index is 1.98. The minimum absolute atomic E-state index is 0.365. The summed E-state index contributed by atoms with van der Waals surface area (Å²) in [6.45, 7) is 1.92. The van der Waals surface area contributed by atoms with Crippen LogP contribution in [-0.2, 0) is 4.74 Å². The topological polar surface area (TPSA) is 80.9 Å². The molecule has 1 aliphatic carbocycles. The first kappa shape index (κ1) is 10.7. The molecule has 1 aromatic rings. The second-order valence-corrected chi connectivity index (χ2v) is 3.82. The first-order valence-electron chi connectivity index (χ1n) is 5.07. The molecule has 0 aromatic carbocycles. The molecule has 2 rings (SSSR count). The van der Waals surface area contributed by atoms with Gasteiger partial charge < -0.3 is 14.9 Å². The zero-order chi connectivity index (χ0) is 11.8. The molecule has 16 heavy (non-hydrogen) atoms. The maximum atomic E-state index is 11.3. The highest BCUT2D eigenvalue weighted by atomic mass is 16.8. The number of rotatable bonds is 3. The molecule has 1 fully saturated rings. The molecular weight excluding hydrogens is 214 g/mol. The summed E-state index contributed by atoms with van der Waals surface area (Å²) in [6.07, 6.45) is 1.44. The van der Waals surface area contributed by atoms with Crippen LogP contribution in [0.3, 0.4) is 0 Å². The number of carbonyl (C=O) groups is 1. The molecule has 1 aromatic heterocycles. The van der Waals surface area contributed by atoms with Crippen molar-refractivity contribution in [2.24, 2.45) is 0 Å². The van der Waals surface area contributed by atoms with E-state index in [1.54, 1.807) is 0 Å². The molecular formula is C10H13NO5. The standard InChI is InChI=1S/C10H13NO5/c1-2-10(5-6-10)15-9(14)16-11-7(12)3-4-8(11)13/h3-4,12-13H,2,5-6H2,1H3. The molecule has 0 spiro atoms. The quantitative estimate of drug-likeness (QED) is 0.763. The van der Waals surface area contributed by atoms with E-state index in [-0.39, 0.29) is 11.8 Å². The second kappa shape index (κ2) is 3.62. The van der Waals surface area contributed by atoms with Gasteiger partial charge in [-0.25, -0.2) is 4.79 Å². The molecule has 6 nitrogen and oxygen atoms in total. The number of nitrogens with zero attached hydrogens (tertiary/aromatic N) is 1. The summed E-state index contributed by atoms with van der Waals surface area (Å²) in [5.41, 5.74) is -0.407. The van der Waals surface area contributed by atoms with Crippen molar-refractivity contribution in [3.05, 3.63) is 12.1 Å². The summed E-state index contributed by atoms with van der Waals surface area (Å²) >= 11 is 0. The van der Waals surface area contributed by atoms with Gasteiger partial charge in [-0.3, -0.25) is 4.84 Å². The Kier molecular flexibility index (Phi) is 2.41. The third-order valence-electron chi connectivity index (χ3n) is 2.72. The van der Waals surface area contributed by atoms with Crippen LogP contribution in [0, 0.1) is 0 Å². The van der Waals surface area contributed by atoms with Crippen LogP contribution < -0.4 is 4.84 Å². The summed E-state index contributed by atoms with van der Waals surface area (Å²) < 4.78 is 5.68. The predicted octanol–water partition coefficient (Wildman–Crippen LogP) is 1.41. The van der Waals surface area contributed by atoms with Gasteiger partial charge >= 0.3 is 6.16 Å². The van der Waals surface area contributed by atoms with E-state index >= 15 is 0 Å². The minimum Gasteiger partial charge on any atom is -0.492 e. The molecule has 0 saturated heterocycles. The van der Waals surface area contributed by atoms with Crippen molar-refractivity contribution in [3.8, 4) is 11.8 Å². The Morgan fingerprint density at radius 3 is 2.44 bits per heavy atom. The first-order valence-corrected chi connectivity index (χ1v) is 5.07. The summed E-state index contributed by atoms with van der Waals surface area (Å²) in [6, 6.07) is 2.41. The summed E-state index contributed by atoms with van der Waals surface area (Å²) in [4.78, 5) is 16.0. The van der Waals surface area contributed by atoms with Crippen LogP contribution >= 0.6 is 0 Å². The van der Waals surface area contributed by atoms with Crippen molar-refractivity contribution in [1.29, 1.82) is 0 Å². The molecule has 0 radical (unpaired) electrons. The third kappa shape index (κ3) is 1.91. The van der Waals surface area contributed by atoms with Crippen molar-refractivity contribution >= 4 is 6.16 Å². The van der Waals surface area contributed by atoms with Gasteiger partial charge in [0, 0.05) is 12.1 Å². The predicted molar refractivity (Wildman–Crippen MR) is 53.1 cm³/mol. The van der Waals surface area contributed by atoms with E-state index in [0.29, 0.717) is 4.73 Å². The molecule has 0 bridgehead atoms. The van der Waals surface area contributed by atoms with E-state index in [1.807, 2.05) is 6.92 Å². The lowest BCUT2D eigenvalue weighted by Crippen LogP contribution is -2.26. The fraction of sp³-hybridized carbons (Fsp3) is 0.500. The van der Waals surface area contributed by atoms with Crippen molar-refractivity contribution in [1.82, 2.24) is 4.73 Å². The van der Waals surface area contributed by atoms with Crippen molar-refractivity contribution in [3.63, 3.8) is 0 Å². The maximum absolute atomic E-state index is 11.3. The molecule has 1 saturated carbocycles. The van der Waals surface area contributed by atoms with Crippen molar-refractivity contribution in [2.75, 3.05) is 0 Å². The second-order valence-electron chi connectivity index (χ2n) is 3.82. The normalized spacial score (nSPS) is 16.8. The molecule has 6 heteroatoms. The number of aromatic nitrogens is 1. The number of hydrogen-bond donors (Lipinski definition) is 2. The first-order chi connectivity index (χ1) is 7.56. The Morgan fingerprint density at radius 1 is 1.44 bits per heavy atom. The highest BCUT2D eigenvalue weighted by Crippen LogP contribution is 2.42. The van der Waals surface area contributed by atoms with E-state index in [9.17, 15) is 15.0 Å². The van der Waals surface area contributed by atoms with Gasteiger partial charge in [0.2, 0.25) is 11.8 Å². The van der Waals surface area contributed by atoms with Gasteiger partial charge in [-0.05, 0) is 19.3 Å². The SMILES string of the molecule is CCC1(OC(=O)On2c(O)ccc2O)CC1. The van der Waals surface area contributed by atoms with Gasteiger partial charge in [-0.2, -0.15) is 0 Å². The van der Waals surface area contributed by atoms with E-state index < -0.39 is 11.8 Å². The van der Waals surface area contributed by atoms with Gasteiger partial charge in [-0.1, -0.05) is 6.92 Å². The van der Waals surface area contributed by atoms with Crippen LogP contribution in [-0.4, -0.2) is 26.7 Å². The number of hydrogen-bond acceptors (Lipinski definition) is 5. The Labute approximate surface area is 92.0 Å². The molecule has 1 heterocycles. The minimum atomic E-state index is -0.929. The van der Waals surface area contributed by atoms with Crippen LogP contribution in [0.25, 0.3) is 0 Å². The van der Waals surface area contributed by atoms with Crippen LogP contribution in [0.4, 0.5) is 4.79 Å². The highest BCUT2D eigenvalue weighted by molar-refractivity contribution is 5.61. The van der Waals surface area contributed by atoms with Crippen LogP contribution in [0.2, 0.25) is 0 Å². The monoisotopic (exact) mass is 227 g/mol. The lowest BCUT2D eigenvalue weighted by molar-refractivity contribution is -0.00101. The van der Waals surface area contributed by atoms with Crippen molar-refractivity contribution in [2.45, 2.75) is 31.8 Å². The molecule has 1 aliphatic rings. The number of carbonyl (C=O) groups excluding carboxylic acids is 1. The molecule has 0 aliphatic heterocycles.